The Hall–Kier alpha value is -2.58. The molecule has 0 aromatic heterocycles. The fraction of sp³-hybridized carbons (Fsp3) is 0.538. The minimum atomic E-state index is -0.866. The molecule has 1 rings (SSSR count). The van der Waals surface area contributed by atoms with Crippen LogP contribution in [0.2, 0.25) is 0 Å². The molecule has 1 aromatic carbocycles. The van der Waals surface area contributed by atoms with Crippen LogP contribution < -0.4 is 0 Å². The number of rotatable bonds is 5. The Morgan fingerprint density at radius 2 is 1.14 bits per heavy atom. The maximum atomic E-state index is 11.4. The van der Waals surface area contributed by atoms with Gasteiger partial charge in [0, 0.05) is 5.41 Å². The summed E-state index contributed by atoms with van der Waals surface area (Å²) < 4.78 is 0. The van der Waals surface area contributed by atoms with Gasteiger partial charge in [0.05, 0.1) is 14.8 Å². The third kappa shape index (κ3) is 2.61. The van der Waals surface area contributed by atoms with Crippen molar-refractivity contribution in [2.75, 3.05) is 0 Å². The number of benzene rings is 1. The Labute approximate surface area is 126 Å². The second-order valence-electron chi connectivity index (χ2n) is 5.68. The van der Waals surface area contributed by atoms with Gasteiger partial charge in [-0.05, 0) is 20.3 Å². The van der Waals surface area contributed by atoms with Crippen molar-refractivity contribution in [3.8, 4) is 0 Å². The van der Waals surface area contributed by atoms with Gasteiger partial charge < -0.3 is 0 Å². The number of nitro benzene ring substituents is 3. The van der Waals surface area contributed by atoms with Gasteiger partial charge in [-0.3, -0.25) is 30.3 Å². The van der Waals surface area contributed by atoms with E-state index in [9.17, 15) is 30.3 Å². The molecule has 0 aliphatic carbocycles. The van der Waals surface area contributed by atoms with E-state index in [1.807, 2.05) is 0 Å². The van der Waals surface area contributed by atoms with Crippen LogP contribution in [-0.2, 0) is 5.41 Å². The van der Waals surface area contributed by atoms with E-state index in [1.54, 1.807) is 20.8 Å². The van der Waals surface area contributed by atoms with E-state index in [-0.39, 0.29) is 16.7 Å². The molecular weight excluding hydrogens is 294 g/mol. The zero-order valence-corrected chi connectivity index (χ0v) is 13.0. The van der Waals surface area contributed by atoms with E-state index in [0.717, 1.165) is 0 Å². The third-order valence-electron chi connectivity index (χ3n) is 4.00. The lowest BCUT2D eigenvalue weighted by molar-refractivity contribution is -0.406. The number of nitrogens with zero attached hydrogens (tertiary/aromatic N) is 3. The van der Waals surface area contributed by atoms with Crippen LogP contribution in [0.5, 0.6) is 0 Å². The first kappa shape index (κ1) is 17.5. The van der Waals surface area contributed by atoms with Crippen LogP contribution in [0.3, 0.4) is 0 Å². The second-order valence-corrected chi connectivity index (χ2v) is 5.68. The summed E-state index contributed by atoms with van der Waals surface area (Å²) in [5.41, 5.74) is -2.91. The molecule has 0 N–H and O–H groups in total. The average molecular weight is 311 g/mol. The Morgan fingerprint density at radius 3 is 1.36 bits per heavy atom. The molecule has 1 aromatic rings. The summed E-state index contributed by atoms with van der Waals surface area (Å²) >= 11 is 0. The summed E-state index contributed by atoms with van der Waals surface area (Å²) in [6.07, 6.45) is 0.408. The molecule has 0 unspecified atom stereocenters. The highest BCUT2D eigenvalue weighted by atomic mass is 16.6. The summed E-state index contributed by atoms with van der Waals surface area (Å²) in [6, 6.07) is 0. The molecule has 0 heterocycles. The number of nitro groups is 3. The molecule has 0 fully saturated rings. The SMILES string of the molecule is CCC(C)(C)c1c([N+](=O)[O-])c(C)c([N+](=O)[O-])c(C)c1[N+](=O)[O-]. The molecule has 0 radical (unpaired) electrons. The fourth-order valence-electron chi connectivity index (χ4n) is 2.54. The lowest BCUT2D eigenvalue weighted by Gasteiger charge is -2.24. The first-order valence-electron chi connectivity index (χ1n) is 6.58. The molecule has 0 aliphatic rings. The Balaban J connectivity index is 4.17. The monoisotopic (exact) mass is 311 g/mol. The zero-order chi connectivity index (χ0) is 17.4. The summed E-state index contributed by atoms with van der Waals surface area (Å²) in [5.74, 6) is 0. The maximum Gasteiger partial charge on any atom is 0.289 e. The average Bonchev–Trinajstić information content (AvgIpc) is 2.36. The van der Waals surface area contributed by atoms with Crippen molar-refractivity contribution in [3.63, 3.8) is 0 Å². The van der Waals surface area contributed by atoms with Crippen molar-refractivity contribution >= 4 is 17.1 Å². The molecule has 0 saturated heterocycles. The van der Waals surface area contributed by atoms with Crippen LogP contribution in [0.1, 0.15) is 43.9 Å². The van der Waals surface area contributed by atoms with Gasteiger partial charge in [0.1, 0.15) is 16.7 Å². The van der Waals surface area contributed by atoms with Crippen LogP contribution in [0.25, 0.3) is 0 Å². The van der Waals surface area contributed by atoms with Gasteiger partial charge in [-0.15, -0.1) is 0 Å². The summed E-state index contributed by atoms with van der Waals surface area (Å²) in [7, 11) is 0. The highest BCUT2D eigenvalue weighted by Gasteiger charge is 2.43. The molecule has 22 heavy (non-hydrogen) atoms. The van der Waals surface area contributed by atoms with Gasteiger partial charge in [0.15, 0.2) is 0 Å². The van der Waals surface area contributed by atoms with Gasteiger partial charge in [-0.25, -0.2) is 0 Å². The standard InChI is InChI=1S/C13H17N3O6/c1-6-13(4,5)9-11(15(19)20)7(2)10(14(17)18)8(3)12(9)16(21)22/h6H2,1-5H3. The predicted molar refractivity (Wildman–Crippen MR) is 79.2 cm³/mol. The van der Waals surface area contributed by atoms with Gasteiger partial charge in [-0.2, -0.15) is 0 Å². The van der Waals surface area contributed by atoms with Gasteiger partial charge in [-0.1, -0.05) is 20.8 Å². The first-order chi connectivity index (χ1) is 9.97. The summed E-state index contributed by atoms with van der Waals surface area (Å²) in [6.45, 7) is 7.55. The second kappa shape index (κ2) is 5.66. The van der Waals surface area contributed by atoms with Crippen LogP contribution >= 0.6 is 0 Å². The quantitative estimate of drug-likeness (QED) is 0.601. The van der Waals surface area contributed by atoms with Crippen molar-refractivity contribution in [1.82, 2.24) is 0 Å². The molecular formula is C13H17N3O6. The topological polar surface area (TPSA) is 129 Å². The normalized spacial score (nSPS) is 11.3. The van der Waals surface area contributed by atoms with E-state index in [2.05, 4.69) is 0 Å². The minimum absolute atomic E-state index is 0.0643. The smallest absolute Gasteiger partial charge is 0.258 e. The van der Waals surface area contributed by atoms with Crippen molar-refractivity contribution in [2.24, 2.45) is 0 Å². The van der Waals surface area contributed by atoms with E-state index in [0.29, 0.717) is 6.42 Å². The predicted octanol–water partition coefficient (Wildman–Crippen LogP) is 3.72. The molecule has 9 heteroatoms. The van der Waals surface area contributed by atoms with Crippen LogP contribution in [0.15, 0.2) is 0 Å². The molecule has 9 nitrogen and oxygen atoms in total. The molecule has 120 valence electrons. The van der Waals surface area contributed by atoms with Crippen LogP contribution in [-0.4, -0.2) is 14.8 Å². The van der Waals surface area contributed by atoms with Crippen molar-refractivity contribution in [3.05, 3.63) is 47.0 Å². The lowest BCUT2D eigenvalue weighted by atomic mass is 9.78. The fourth-order valence-corrected chi connectivity index (χ4v) is 2.54. The summed E-state index contributed by atoms with van der Waals surface area (Å²) in [4.78, 5) is 31.7. The molecule has 0 amide bonds. The molecule has 0 bridgehead atoms. The first-order valence-corrected chi connectivity index (χ1v) is 6.58. The largest absolute Gasteiger partial charge is 0.289 e. The van der Waals surface area contributed by atoms with Crippen molar-refractivity contribution in [1.29, 1.82) is 0 Å². The maximum absolute atomic E-state index is 11.4. The third-order valence-corrected chi connectivity index (χ3v) is 4.00. The molecule has 0 atom stereocenters. The van der Waals surface area contributed by atoms with Crippen molar-refractivity contribution in [2.45, 2.75) is 46.5 Å². The van der Waals surface area contributed by atoms with E-state index < -0.39 is 37.2 Å². The van der Waals surface area contributed by atoms with Crippen LogP contribution in [0.4, 0.5) is 17.1 Å². The Kier molecular flexibility index (Phi) is 4.50. The Morgan fingerprint density at radius 1 is 0.818 bits per heavy atom. The molecule has 0 aliphatic heterocycles. The number of hydrogen-bond acceptors (Lipinski definition) is 6. The molecule has 0 spiro atoms. The highest BCUT2D eigenvalue weighted by molar-refractivity contribution is 5.73. The summed E-state index contributed by atoms with van der Waals surface area (Å²) in [5, 5.41) is 34.0. The zero-order valence-electron chi connectivity index (χ0n) is 13.0. The van der Waals surface area contributed by atoms with Gasteiger partial charge >= 0.3 is 0 Å². The highest BCUT2D eigenvalue weighted by Crippen LogP contribution is 2.48. The van der Waals surface area contributed by atoms with Gasteiger partial charge in [0.2, 0.25) is 0 Å². The van der Waals surface area contributed by atoms with Crippen molar-refractivity contribution < 1.29 is 14.8 Å². The van der Waals surface area contributed by atoms with E-state index >= 15 is 0 Å². The van der Waals surface area contributed by atoms with Gasteiger partial charge in [0.25, 0.3) is 17.1 Å². The Bertz CT molecular complexity index is 640. The minimum Gasteiger partial charge on any atom is -0.258 e. The molecule has 0 saturated carbocycles. The lowest BCUT2D eigenvalue weighted by Crippen LogP contribution is -2.21. The van der Waals surface area contributed by atoms with E-state index in [1.165, 1.54) is 13.8 Å². The number of hydrogen-bond donors (Lipinski definition) is 0. The van der Waals surface area contributed by atoms with E-state index in [4.69, 9.17) is 0 Å². The van der Waals surface area contributed by atoms with Crippen LogP contribution in [0, 0.1) is 44.2 Å².